The fourth-order valence-corrected chi connectivity index (χ4v) is 87.2. The van der Waals surface area contributed by atoms with Crippen LogP contribution >= 0.6 is 15.9 Å². The minimum absolute atomic E-state index is 0. The van der Waals surface area contributed by atoms with Crippen LogP contribution in [0.1, 0.15) is 54.2 Å². The molecule has 0 radical (unpaired) electrons. The Kier molecular flexibility index (Phi) is 43.6. The van der Waals surface area contributed by atoms with E-state index in [1.165, 1.54) is 38.2 Å². The fourth-order valence-electron chi connectivity index (χ4n) is 15.6. The van der Waals surface area contributed by atoms with Crippen LogP contribution in [0.4, 0.5) is 0 Å². The van der Waals surface area contributed by atoms with Crippen LogP contribution in [0.2, 0.25) is 177 Å². The third-order valence-corrected chi connectivity index (χ3v) is 73.6. The number of ether oxygens (including phenoxy) is 3. The average molecular weight is 1820 g/mol. The van der Waals surface area contributed by atoms with E-state index in [0.29, 0.717) is 45.1 Å². The third-order valence-electron chi connectivity index (χ3n) is 18.8. The van der Waals surface area contributed by atoms with E-state index < -0.39 is 109 Å². The zero-order valence-corrected chi connectivity index (χ0v) is 90.9. The van der Waals surface area contributed by atoms with Crippen LogP contribution in [0.5, 0.6) is 17.2 Å². The van der Waals surface area contributed by atoms with Crippen molar-refractivity contribution in [3.05, 3.63) is 191 Å². The number of para-hydroxylation sites is 3. The van der Waals surface area contributed by atoms with Crippen LogP contribution < -0.4 is 53.4 Å². The van der Waals surface area contributed by atoms with E-state index in [2.05, 4.69) is 357 Å². The third kappa shape index (κ3) is 35.7. The molecule has 112 heavy (non-hydrogen) atoms. The summed E-state index contributed by atoms with van der Waals surface area (Å²) in [7, 11) is -27.4. The molecular formula is C83H150BrLiN2O12Si13. The second kappa shape index (κ2) is 46.1. The molecule has 6 aromatic carbocycles. The van der Waals surface area contributed by atoms with Gasteiger partial charge in [0.15, 0.2) is 8.32 Å². The Morgan fingerprint density at radius 1 is 0.348 bits per heavy atom. The summed E-state index contributed by atoms with van der Waals surface area (Å²) in [5, 5.41) is 4.56. The first-order chi connectivity index (χ1) is 51.0. The minimum atomic E-state index is -2.92. The normalized spacial score (nSPS) is 14.4. The number of nitrogens with zero attached hydrogens (tertiary/aromatic N) is 2. The van der Waals surface area contributed by atoms with Gasteiger partial charge in [-0.1, -0.05) is 280 Å². The SMILES string of the molecule is C=C[Si](C)(C)O[Si](C)(CO[Si](C)(C)OCCOc1c(C)cccc1CC)c1ccccc1.CCc1cccc(C)c1OCCBr.CCc1cccc(C)c1OCCO[Si](C)(C)OC[Si](C)(O[Si](C)(C)N([Si](C)(C)C)[Si](C)(C)C)c1ccccc1.C[Si](C)([O-])O[Si](C)(CO[Si](C)(C)N([Si](C)(C)C)[Si](C)(C)C)c1ccccc1.[Li+]. The number of halogens is 1. The molecule has 0 aromatic heterocycles. The van der Waals surface area contributed by atoms with Crippen molar-refractivity contribution in [2.24, 2.45) is 0 Å². The van der Waals surface area contributed by atoms with E-state index in [1.807, 2.05) is 30.0 Å². The molecule has 0 bridgehead atoms. The summed E-state index contributed by atoms with van der Waals surface area (Å²) in [5.74, 6) is 3.03. The summed E-state index contributed by atoms with van der Waals surface area (Å²) in [6.45, 7) is 81.3. The number of hydrogen-bond donors (Lipinski definition) is 0. The molecule has 6 aromatic rings. The Morgan fingerprint density at radius 2 is 0.634 bits per heavy atom. The molecule has 3 atom stereocenters. The standard InChI is InChI=1S/C29H55NO4Si5.C25H40O4Si3.C18H40NO3Si5.C11H15BrO.Li/c1-14-27-20-18-19-26(2)29(27)31-23-24-32-38(11,12)33-25-39(13,28-21-16-15-17-22-28)34-37(9,10)30(35(3,4)5)36(6,7)8;1-9-23-16-14-15-22(3)25(23)26-19-20-27-31(6,7)28-21-32(8,29-30(4,5)10-2)24-17-12-11-13-18-24;1-23(2,3)19(24(4,5)6)25(7,8)21-17-27(11,22-26(9,10)20)18-15-13-12-14-16-18;1-3-10-6-4-5-9(2)11(10)13-8-7-12;/h15-22H,14,23-25H2,1-13H3;10-18H,2,9,19-21H2,1,3-8H3;12-16H,17H2,1-11H3;4-6H,3,7-8H2,1-2H3;/q;;-1;;+1. The van der Waals surface area contributed by atoms with Crippen LogP contribution in [-0.4, -0.2) is 174 Å². The van der Waals surface area contributed by atoms with Crippen LogP contribution in [-0.2, 0) is 53.7 Å². The number of rotatable bonds is 41. The van der Waals surface area contributed by atoms with Gasteiger partial charge in [-0.05, 0) is 174 Å². The van der Waals surface area contributed by atoms with Crippen molar-refractivity contribution >= 4 is 140 Å². The molecule has 0 fully saturated rings. The van der Waals surface area contributed by atoms with Gasteiger partial charge >= 0.3 is 36.0 Å². The van der Waals surface area contributed by atoms with Gasteiger partial charge in [-0.2, -0.15) is 0 Å². The Labute approximate surface area is 717 Å². The van der Waals surface area contributed by atoms with Crippen molar-refractivity contribution in [1.82, 2.24) is 7.79 Å². The van der Waals surface area contributed by atoms with E-state index in [1.54, 1.807) is 13.1 Å². The number of alkyl halides is 1. The summed E-state index contributed by atoms with van der Waals surface area (Å²) in [6, 6.07) is 50.4. The van der Waals surface area contributed by atoms with Gasteiger partial charge in [0.1, 0.15) is 63.4 Å². The molecule has 0 aliphatic carbocycles. The van der Waals surface area contributed by atoms with Gasteiger partial charge in [0.05, 0.1) is 47.1 Å². The molecule has 0 amide bonds. The van der Waals surface area contributed by atoms with Gasteiger partial charge in [-0.3, -0.25) is 0 Å². The number of hydrogen-bond acceptors (Lipinski definition) is 14. The maximum atomic E-state index is 12.6. The van der Waals surface area contributed by atoms with E-state index in [4.69, 9.17) is 48.7 Å². The summed E-state index contributed by atoms with van der Waals surface area (Å²) in [5.41, 5.74) is 9.30. The van der Waals surface area contributed by atoms with E-state index in [-0.39, 0.29) is 18.9 Å². The van der Waals surface area contributed by atoms with E-state index >= 15 is 0 Å². The maximum Gasteiger partial charge on any atom is 1.00 e. The Balaban J connectivity index is 0.000000531. The molecule has 0 aliphatic rings. The summed E-state index contributed by atoms with van der Waals surface area (Å²) in [4.78, 5) is 12.6. The van der Waals surface area contributed by atoms with E-state index in [9.17, 15) is 4.80 Å². The second-order valence-electron chi connectivity index (χ2n) is 36.4. The summed E-state index contributed by atoms with van der Waals surface area (Å²) >= 11 is 3.35. The molecule has 0 N–H and O–H groups in total. The van der Waals surface area contributed by atoms with Gasteiger partial charge in [0.25, 0.3) is 8.48 Å². The predicted octanol–water partition coefficient (Wildman–Crippen LogP) is 17.1. The maximum absolute atomic E-state index is 12.6. The molecule has 0 spiro atoms. The first-order valence-electron chi connectivity index (χ1n) is 40.1. The molecule has 0 saturated carbocycles. The molecule has 14 nitrogen and oxygen atoms in total. The van der Waals surface area contributed by atoms with Gasteiger partial charge in [0.2, 0.25) is 33.4 Å². The molecule has 29 heteroatoms. The van der Waals surface area contributed by atoms with Gasteiger partial charge in [0, 0.05) is 5.33 Å². The first kappa shape index (κ1) is 106. The molecule has 6 rings (SSSR count). The fraction of sp³-hybridized carbons (Fsp3) is 0.542. The topological polar surface area (TPSA) is 131 Å². The van der Waals surface area contributed by atoms with Crippen molar-refractivity contribution in [3.63, 3.8) is 0 Å². The zero-order valence-electron chi connectivity index (χ0n) is 76.3. The summed E-state index contributed by atoms with van der Waals surface area (Å²) < 4.78 is 76.5. The molecule has 3 unspecified atom stereocenters. The summed E-state index contributed by atoms with van der Waals surface area (Å²) in [6.07, 6.45) is 4.65. The Bertz CT molecular complexity index is 3710. The van der Waals surface area contributed by atoms with Crippen LogP contribution in [0.15, 0.2) is 158 Å². The van der Waals surface area contributed by atoms with Gasteiger partial charge < -0.3 is 61.3 Å². The van der Waals surface area contributed by atoms with Crippen molar-refractivity contribution in [3.8, 4) is 17.2 Å². The number of benzene rings is 6. The van der Waals surface area contributed by atoms with Crippen LogP contribution in [0.25, 0.3) is 0 Å². The average Bonchev–Trinajstić information content (AvgIpc) is 0.768. The second-order valence-corrected chi connectivity index (χ2v) is 91.6. The van der Waals surface area contributed by atoms with Crippen LogP contribution in [0.3, 0.4) is 0 Å². The molecule has 0 heterocycles. The molecular weight excluding hydrogens is 1670 g/mol. The van der Waals surface area contributed by atoms with Crippen molar-refractivity contribution in [2.75, 3.05) is 57.1 Å². The molecule has 0 aliphatic heterocycles. The van der Waals surface area contributed by atoms with Crippen molar-refractivity contribution < 1.29 is 72.3 Å². The Hall–Kier alpha value is -2.08. The smallest absolute Gasteiger partial charge is 0.839 e. The Morgan fingerprint density at radius 3 is 0.920 bits per heavy atom. The largest absolute Gasteiger partial charge is 1.00 e. The number of aryl methyl sites for hydroxylation is 6. The quantitative estimate of drug-likeness (QED) is 0.0205. The van der Waals surface area contributed by atoms with Gasteiger partial charge in [-0.25, -0.2) is 0 Å². The van der Waals surface area contributed by atoms with E-state index in [0.717, 1.165) is 59.2 Å². The minimum Gasteiger partial charge on any atom is -0.839 e. The molecule has 0 saturated heterocycles. The van der Waals surface area contributed by atoms with Crippen LogP contribution in [0, 0.1) is 20.8 Å². The molecule has 624 valence electrons. The first-order valence-corrected chi connectivity index (χ1v) is 80.0. The monoisotopic (exact) mass is 1820 g/mol. The van der Waals surface area contributed by atoms with Gasteiger partial charge in [-0.15, -0.1) is 6.58 Å². The van der Waals surface area contributed by atoms with Crippen molar-refractivity contribution in [2.45, 2.75) is 238 Å². The zero-order chi connectivity index (χ0) is 84.5. The van der Waals surface area contributed by atoms with Crippen molar-refractivity contribution in [1.29, 1.82) is 0 Å². The predicted molar refractivity (Wildman–Crippen MR) is 510 cm³/mol.